The van der Waals surface area contributed by atoms with E-state index >= 15 is 0 Å². The van der Waals surface area contributed by atoms with Gasteiger partial charge in [-0.3, -0.25) is 9.69 Å². The first-order valence-electron chi connectivity index (χ1n) is 11.0. The van der Waals surface area contributed by atoms with Crippen molar-refractivity contribution >= 4 is 22.4 Å². The first-order valence-corrected chi connectivity index (χ1v) is 11.0. The standard InChI is InChI=1S/C26H31N3O/c1-21-8-2-5-11-25(21)29-18-16-28(17-19-29)15-7-6-14-27-26(30)24-13-12-22-9-3-4-10-23(22)20-24/h2-5,8-13,20H,6-7,14-19H2,1H3,(H,27,30). The molecule has 30 heavy (non-hydrogen) atoms. The van der Waals surface area contributed by atoms with Crippen molar-refractivity contribution in [1.82, 2.24) is 10.2 Å². The molecule has 3 aromatic rings. The summed E-state index contributed by atoms with van der Waals surface area (Å²) in [6.45, 7) is 8.42. The van der Waals surface area contributed by atoms with Gasteiger partial charge >= 0.3 is 0 Å². The summed E-state index contributed by atoms with van der Waals surface area (Å²) in [5.74, 6) is 0.0209. The van der Waals surface area contributed by atoms with Crippen LogP contribution in [0.3, 0.4) is 0 Å². The van der Waals surface area contributed by atoms with Crippen LogP contribution in [-0.2, 0) is 0 Å². The minimum atomic E-state index is 0.0209. The Kier molecular flexibility index (Phi) is 6.65. The van der Waals surface area contributed by atoms with Crippen molar-refractivity contribution in [2.75, 3.05) is 44.2 Å². The molecule has 1 heterocycles. The second kappa shape index (κ2) is 9.77. The molecule has 0 aromatic heterocycles. The molecule has 1 aliphatic rings. The lowest BCUT2D eigenvalue weighted by atomic mass is 10.1. The molecule has 0 saturated carbocycles. The molecule has 4 nitrogen and oxygen atoms in total. The molecule has 156 valence electrons. The maximum absolute atomic E-state index is 12.4. The van der Waals surface area contributed by atoms with Crippen molar-refractivity contribution in [1.29, 1.82) is 0 Å². The lowest BCUT2D eigenvalue weighted by Gasteiger charge is -2.36. The van der Waals surface area contributed by atoms with Gasteiger partial charge in [-0.2, -0.15) is 0 Å². The number of hydrogen-bond donors (Lipinski definition) is 1. The van der Waals surface area contributed by atoms with Crippen LogP contribution in [0, 0.1) is 6.92 Å². The fourth-order valence-electron chi connectivity index (χ4n) is 4.23. The highest BCUT2D eigenvalue weighted by Crippen LogP contribution is 2.21. The van der Waals surface area contributed by atoms with Crippen LogP contribution in [0.2, 0.25) is 0 Å². The van der Waals surface area contributed by atoms with Gasteiger partial charge in [0.2, 0.25) is 0 Å². The number of benzene rings is 3. The van der Waals surface area contributed by atoms with E-state index in [1.165, 1.54) is 11.3 Å². The number of hydrogen-bond acceptors (Lipinski definition) is 3. The van der Waals surface area contributed by atoms with E-state index in [9.17, 15) is 4.79 Å². The topological polar surface area (TPSA) is 35.6 Å². The molecule has 3 aromatic carbocycles. The number of rotatable bonds is 7. The molecule has 0 aliphatic carbocycles. The molecule has 1 fully saturated rings. The highest BCUT2D eigenvalue weighted by molar-refractivity contribution is 5.98. The first kappa shape index (κ1) is 20.4. The fourth-order valence-corrected chi connectivity index (χ4v) is 4.23. The number of carbonyl (C=O) groups excluding carboxylic acids is 1. The van der Waals surface area contributed by atoms with E-state index in [1.54, 1.807) is 0 Å². The van der Waals surface area contributed by atoms with Crippen LogP contribution in [-0.4, -0.2) is 50.1 Å². The second-order valence-electron chi connectivity index (χ2n) is 8.14. The van der Waals surface area contributed by atoms with Gasteiger partial charge in [-0.05, 0) is 60.8 Å². The third kappa shape index (κ3) is 5.00. The van der Waals surface area contributed by atoms with E-state index in [1.807, 2.05) is 36.4 Å². The summed E-state index contributed by atoms with van der Waals surface area (Å²) in [5.41, 5.74) is 3.46. The summed E-state index contributed by atoms with van der Waals surface area (Å²) in [6.07, 6.45) is 2.12. The lowest BCUT2D eigenvalue weighted by molar-refractivity contribution is 0.0952. The van der Waals surface area contributed by atoms with E-state index in [2.05, 4.69) is 52.4 Å². The van der Waals surface area contributed by atoms with Gasteiger partial charge in [-0.1, -0.05) is 48.5 Å². The van der Waals surface area contributed by atoms with E-state index < -0.39 is 0 Å². The van der Waals surface area contributed by atoms with Crippen LogP contribution in [0.1, 0.15) is 28.8 Å². The van der Waals surface area contributed by atoms with Crippen molar-refractivity contribution in [2.24, 2.45) is 0 Å². The highest BCUT2D eigenvalue weighted by atomic mass is 16.1. The van der Waals surface area contributed by atoms with Gasteiger partial charge in [0.1, 0.15) is 0 Å². The second-order valence-corrected chi connectivity index (χ2v) is 8.14. The van der Waals surface area contributed by atoms with Gasteiger partial charge in [0.15, 0.2) is 0 Å². The Morgan fingerprint density at radius 3 is 2.40 bits per heavy atom. The molecule has 0 radical (unpaired) electrons. The summed E-state index contributed by atoms with van der Waals surface area (Å²) in [6, 6.07) is 22.7. The average Bonchev–Trinajstić information content (AvgIpc) is 2.79. The molecule has 1 amide bonds. The molecule has 4 heteroatoms. The quantitative estimate of drug-likeness (QED) is 0.593. The predicted molar refractivity (Wildman–Crippen MR) is 125 cm³/mol. The zero-order valence-corrected chi connectivity index (χ0v) is 17.8. The van der Waals surface area contributed by atoms with Crippen LogP contribution < -0.4 is 10.2 Å². The number of nitrogens with one attached hydrogen (secondary N) is 1. The number of unbranched alkanes of at least 4 members (excludes halogenated alkanes) is 1. The molecule has 1 aliphatic heterocycles. The van der Waals surface area contributed by atoms with Crippen molar-refractivity contribution < 1.29 is 4.79 Å². The van der Waals surface area contributed by atoms with Gasteiger partial charge in [0, 0.05) is 44.0 Å². The monoisotopic (exact) mass is 401 g/mol. The lowest BCUT2D eigenvalue weighted by Crippen LogP contribution is -2.46. The third-order valence-corrected chi connectivity index (χ3v) is 6.03. The van der Waals surface area contributed by atoms with Crippen LogP contribution in [0.5, 0.6) is 0 Å². The van der Waals surface area contributed by atoms with Gasteiger partial charge < -0.3 is 10.2 Å². The van der Waals surface area contributed by atoms with Crippen LogP contribution >= 0.6 is 0 Å². The van der Waals surface area contributed by atoms with E-state index in [-0.39, 0.29) is 5.91 Å². The summed E-state index contributed by atoms with van der Waals surface area (Å²) in [4.78, 5) is 17.5. The number of piperazine rings is 1. The van der Waals surface area contributed by atoms with Crippen molar-refractivity contribution in [3.05, 3.63) is 77.9 Å². The van der Waals surface area contributed by atoms with Crippen molar-refractivity contribution in [3.8, 4) is 0 Å². The van der Waals surface area contributed by atoms with Crippen molar-refractivity contribution in [3.63, 3.8) is 0 Å². The number of fused-ring (bicyclic) bond motifs is 1. The zero-order chi connectivity index (χ0) is 20.8. The molecule has 0 unspecified atom stereocenters. The summed E-state index contributed by atoms with van der Waals surface area (Å²) in [5, 5.41) is 5.34. The number of carbonyl (C=O) groups is 1. The number of para-hydroxylation sites is 1. The molecule has 0 atom stereocenters. The zero-order valence-electron chi connectivity index (χ0n) is 17.8. The smallest absolute Gasteiger partial charge is 0.251 e. The summed E-state index contributed by atoms with van der Waals surface area (Å²) >= 11 is 0. The summed E-state index contributed by atoms with van der Waals surface area (Å²) in [7, 11) is 0. The number of aryl methyl sites for hydroxylation is 1. The van der Waals surface area contributed by atoms with Gasteiger partial charge in [0.05, 0.1) is 0 Å². The number of amides is 1. The van der Waals surface area contributed by atoms with Crippen LogP contribution in [0.4, 0.5) is 5.69 Å². The molecule has 0 spiro atoms. The van der Waals surface area contributed by atoms with Gasteiger partial charge in [-0.15, -0.1) is 0 Å². The molecule has 1 saturated heterocycles. The fraction of sp³-hybridized carbons (Fsp3) is 0.346. The molecule has 1 N–H and O–H groups in total. The first-order chi connectivity index (χ1) is 14.7. The average molecular weight is 402 g/mol. The van der Waals surface area contributed by atoms with Crippen LogP contribution in [0.15, 0.2) is 66.7 Å². The Balaban J connectivity index is 1.15. The maximum Gasteiger partial charge on any atom is 0.251 e. The third-order valence-electron chi connectivity index (χ3n) is 6.03. The molecular weight excluding hydrogens is 370 g/mol. The molecular formula is C26H31N3O. The van der Waals surface area contributed by atoms with Gasteiger partial charge in [0.25, 0.3) is 5.91 Å². The van der Waals surface area contributed by atoms with E-state index in [4.69, 9.17) is 0 Å². The minimum Gasteiger partial charge on any atom is -0.369 e. The SMILES string of the molecule is Cc1ccccc1N1CCN(CCCCNC(=O)c2ccc3ccccc3c2)CC1. The van der Waals surface area contributed by atoms with E-state index in [0.29, 0.717) is 0 Å². The summed E-state index contributed by atoms with van der Waals surface area (Å²) < 4.78 is 0. The predicted octanol–water partition coefficient (Wildman–Crippen LogP) is 4.48. The maximum atomic E-state index is 12.4. The Bertz CT molecular complexity index is 992. The largest absolute Gasteiger partial charge is 0.369 e. The minimum absolute atomic E-state index is 0.0209. The Morgan fingerprint density at radius 1 is 0.867 bits per heavy atom. The van der Waals surface area contributed by atoms with Crippen LogP contribution in [0.25, 0.3) is 10.8 Å². The molecule has 4 rings (SSSR count). The van der Waals surface area contributed by atoms with Gasteiger partial charge in [-0.25, -0.2) is 0 Å². The Hall–Kier alpha value is -2.85. The normalized spacial score (nSPS) is 14.8. The van der Waals surface area contributed by atoms with E-state index in [0.717, 1.165) is 68.4 Å². The Morgan fingerprint density at radius 2 is 1.60 bits per heavy atom. The number of nitrogens with zero attached hydrogens (tertiary/aromatic N) is 2. The molecule has 0 bridgehead atoms. The number of anilines is 1. The highest BCUT2D eigenvalue weighted by Gasteiger charge is 2.17. The van der Waals surface area contributed by atoms with Crippen molar-refractivity contribution in [2.45, 2.75) is 19.8 Å². The Labute approximate surface area is 179 Å².